The molecule has 2 aliphatic rings. The second-order valence-electron chi connectivity index (χ2n) is 20.5. The summed E-state index contributed by atoms with van der Waals surface area (Å²) in [5.74, 6) is 0. The van der Waals surface area contributed by atoms with E-state index in [0.29, 0.717) is 0 Å². The number of allylic oxidation sites excluding steroid dienone is 1. The second kappa shape index (κ2) is 16.1. The lowest BCUT2D eigenvalue weighted by atomic mass is 9.88. The van der Waals surface area contributed by atoms with E-state index in [4.69, 9.17) is 0 Å². The Labute approximate surface area is 428 Å². The zero-order valence-corrected chi connectivity index (χ0v) is 40.8. The number of hydrogen-bond acceptors (Lipinski definition) is 0. The van der Waals surface area contributed by atoms with Gasteiger partial charge >= 0.3 is 0 Å². The zero-order chi connectivity index (χ0) is 48.4. The highest BCUT2D eigenvalue weighted by Gasteiger charge is 2.26. The summed E-state index contributed by atoms with van der Waals surface area (Å²) in [6.07, 6.45) is 11.6. The summed E-state index contributed by atoms with van der Waals surface area (Å²) in [6.45, 7) is 0. The van der Waals surface area contributed by atoms with Gasteiger partial charge in [0.2, 0.25) is 0 Å². The molecular formula is C72H48N2. The first-order chi connectivity index (χ1) is 36.7. The Bertz CT molecular complexity index is 4900. The summed E-state index contributed by atoms with van der Waals surface area (Å²) in [5.41, 5.74) is 16.5. The minimum absolute atomic E-state index is 0.993. The Morgan fingerprint density at radius 2 is 0.878 bits per heavy atom. The number of aromatic nitrogens is 2. The lowest BCUT2D eigenvalue weighted by Gasteiger charge is -2.20. The number of benzene rings is 12. The van der Waals surface area contributed by atoms with Crippen molar-refractivity contribution in [2.24, 2.45) is 0 Å². The first-order valence-corrected chi connectivity index (χ1v) is 26.3. The third kappa shape index (κ3) is 6.06. The van der Waals surface area contributed by atoms with Crippen LogP contribution >= 0.6 is 0 Å². The van der Waals surface area contributed by atoms with E-state index < -0.39 is 0 Å². The van der Waals surface area contributed by atoms with Crippen LogP contribution in [0.15, 0.2) is 224 Å². The van der Waals surface area contributed by atoms with Gasteiger partial charge in [-0.15, -0.1) is 0 Å². The Morgan fingerprint density at radius 3 is 1.59 bits per heavy atom. The monoisotopic (exact) mass is 940 g/mol. The van der Waals surface area contributed by atoms with Crippen molar-refractivity contribution < 1.29 is 0 Å². The zero-order valence-electron chi connectivity index (χ0n) is 40.8. The van der Waals surface area contributed by atoms with E-state index in [1.807, 2.05) is 0 Å². The number of hydrogen-bond donors (Lipinski definition) is 0. The van der Waals surface area contributed by atoms with E-state index in [1.54, 1.807) is 0 Å². The van der Waals surface area contributed by atoms with Crippen LogP contribution in [0.3, 0.4) is 0 Å². The SMILES string of the molecule is C1=C(c2cccc3c2=CCCC=3)CCc2c1n(-c1ccc(-c3ccc(-n4c5cc(-c6cccc7ccccc67)ccc5c5c6ccccc6ccc54)c4ccccc34)c3ccccc13)c1ccc3ccccc3c21. The van der Waals surface area contributed by atoms with Crippen LogP contribution in [0.2, 0.25) is 0 Å². The lowest BCUT2D eigenvalue weighted by molar-refractivity contribution is 0.981. The smallest absolute Gasteiger partial charge is 0.0547 e. The van der Waals surface area contributed by atoms with E-state index in [1.165, 1.54) is 153 Å². The normalized spacial score (nSPS) is 13.5. The third-order valence-corrected chi connectivity index (χ3v) is 16.7. The van der Waals surface area contributed by atoms with Crippen molar-refractivity contribution in [3.8, 4) is 33.6 Å². The van der Waals surface area contributed by atoms with Crippen molar-refractivity contribution >= 4 is 110 Å². The molecule has 0 bridgehead atoms. The first-order valence-electron chi connectivity index (χ1n) is 26.3. The molecule has 2 heterocycles. The van der Waals surface area contributed by atoms with Crippen molar-refractivity contribution in [2.75, 3.05) is 0 Å². The summed E-state index contributed by atoms with van der Waals surface area (Å²) in [5, 5.41) is 19.2. The maximum atomic E-state index is 2.59. The van der Waals surface area contributed by atoms with Gasteiger partial charge < -0.3 is 9.13 Å². The molecule has 2 heteroatoms. The van der Waals surface area contributed by atoms with Gasteiger partial charge in [-0.2, -0.15) is 0 Å². The van der Waals surface area contributed by atoms with E-state index in [-0.39, 0.29) is 0 Å². The van der Waals surface area contributed by atoms with Gasteiger partial charge in [-0.05, 0) is 155 Å². The lowest BCUT2D eigenvalue weighted by Crippen LogP contribution is -2.30. The van der Waals surface area contributed by atoms with Crippen molar-refractivity contribution in [1.82, 2.24) is 9.13 Å². The van der Waals surface area contributed by atoms with Gasteiger partial charge in [0, 0.05) is 26.9 Å². The minimum atomic E-state index is 0.993. The van der Waals surface area contributed by atoms with Crippen molar-refractivity contribution in [3.05, 3.63) is 252 Å². The summed E-state index contributed by atoms with van der Waals surface area (Å²) in [7, 11) is 0. The fourth-order valence-corrected chi connectivity index (χ4v) is 13.4. The Balaban J connectivity index is 0.916. The number of nitrogens with zero attached hydrogens (tertiary/aromatic N) is 2. The first kappa shape index (κ1) is 41.4. The van der Waals surface area contributed by atoms with Crippen LogP contribution in [0.5, 0.6) is 0 Å². The summed E-state index contributed by atoms with van der Waals surface area (Å²) >= 11 is 0. The molecule has 2 aliphatic carbocycles. The van der Waals surface area contributed by atoms with Crippen LogP contribution in [-0.4, -0.2) is 9.13 Å². The maximum Gasteiger partial charge on any atom is 0.0547 e. The highest BCUT2D eigenvalue weighted by atomic mass is 15.0. The topological polar surface area (TPSA) is 9.86 Å². The molecule has 0 aliphatic heterocycles. The van der Waals surface area contributed by atoms with Gasteiger partial charge in [0.15, 0.2) is 0 Å². The molecule has 74 heavy (non-hydrogen) atoms. The highest BCUT2D eigenvalue weighted by molar-refractivity contribution is 6.23. The van der Waals surface area contributed by atoms with E-state index >= 15 is 0 Å². The van der Waals surface area contributed by atoms with Crippen molar-refractivity contribution in [1.29, 1.82) is 0 Å². The predicted molar refractivity (Wildman–Crippen MR) is 316 cm³/mol. The molecule has 2 nitrogen and oxygen atoms in total. The van der Waals surface area contributed by atoms with Gasteiger partial charge in [-0.25, -0.2) is 0 Å². The van der Waals surface area contributed by atoms with E-state index in [9.17, 15) is 0 Å². The summed E-state index contributed by atoms with van der Waals surface area (Å²) in [6, 6.07) is 84.2. The van der Waals surface area contributed by atoms with Gasteiger partial charge in [0.1, 0.15) is 0 Å². The molecule has 14 aromatic rings. The van der Waals surface area contributed by atoms with Crippen LogP contribution in [0, 0.1) is 0 Å². The average molecular weight is 941 g/mol. The van der Waals surface area contributed by atoms with Gasteiger partial charge in [-0.1, -0.05) is 206 Å². The molecule has 0 fully saturated rings. The number of aryl methyl sites for hydroxylation is 1. The van der Waals surface area contributed by atoms with Crippen LogP contribution in [0.1, 0.15) is 36.1 Å². The molecule has 0 spiro atoms. The Hall–Kier alpha value is -9.24. The summed E-state index contributed by atoms with van der Waals surface area (Å²) in [4.78, 5) is 0. The molecule has 0 saturated carbocycles. The molecule has 12 aromatic carbocycles. The van der Waals surface area contributed by atoms with Crippen LogP contribution in [0.4, 0.5) is 0 Å². The molecule has 0 saturated heterocycles. The summed E-state index contributed by atoms with van der Waals surface area (Å²) < 4.78 is 5.12. The van der Waals surface area contributed by atoms with Gasteiger partial charge in [-0.3, -0.25) is 0 Å². The van der Waals surface area contributed by atoms with Crippen molar-refractivity contribution in [2.45, 2.75) is 25.7 Å². The van der Waals surface area contributed by atoms with E-state index in [0.717, 1.165) is 25.7 Å². The van der Waals surface area contributed by atoms with Crippen LogP contribution in [0.25, 0.3) is 144 Å². The number of fused-ring (bicyclic) bond motifs is 14. The molecule has 0 amide bonds. The molecule has 0 radical (unpaired) electrons. The molecular weight excluding hydrogens is 893 g/mol. The highest BCUT2D eigenvalue weighted by Crippen LogP contribution is 2.46. The molecule has 346 valence electrons. The average Bonchev–Trinajstić information content (AvgIpc) is 3.99. The largest absolute Gasteiger partial charge is 0.309 e. The third-order valence-electron chi connectivity index (χ3n) is 16.7. The quantitative estimate of drug-likeness (QED) is 0.163. The second-order valence-corrected chi connectivity index (χ2v) is 20.5. The fraction of sp³-hybridized carbons (Fsp3) is 0.0556. The predicted octanol–water partition coefficient (Wildman–Crippen LogP) is 17.7. The maximum absolute atomic E-state index is 2.59. The van der Waals surface area contributed by atoms with E-state index in [2.05, 4.69) is 252 Å². The molecule has 0 atom stereocenters. The fourth-order valence-electron chi connectivity index (χ4n) is 13.4. The van der Waals surface area contributed by atoms with Gasteiger partial charge in [0.25, 0.3) is 0 Å². The number of rotatable bonds is 5. The van der Waals surface area contributed by atoms with Crippen LogP contribution in [-0.2, 0) is 6.42 Å². The molecule has 16 rings (SSSR count). The molecule has 2 aromatic heterocycles. The van der Waals surface area contributed by atoms with Crippen LogP contribution < -0.4 is 10.4 Å². The minimum Gasteiger partial charge on any atom is -0.309 e. The Kier molecular flexibility index (Phi) is 9.02. The molecule has 0 N–H and O–H groups in total. The van der Waals surface area contributed by atoms with Crippen molar-refractivity contribution in [3.63, 3.8) is 0 Å². The Morgan fingerprint density at radius 1 is 0.324 bits per heavy atom. The van der Waals surface area contributed by atoms with Gasteiger partial charge in [0.05, 0.1) is 33.6 Å². The standard InChI is InChI=1S/C72H48N2/c1-5-21-51-45(15-1)19-13-29-53(51)49-31-35-63-69(43-49)73(67-39-33-47-17-3-7-23-55(47)71(63)67)65-41-37-59(57-25-9-11-27-61(57)65)60-38-42-66(62-28-12-10-26-58(60)62)74-68-40-34-48-18-4-8-24-56(48)72(68)64-36-32-50(44-70(64)74)54-30-14-20-46-16-2-6-22-52(46)54/h1,3-5,7-31,33-35,37-44H,2,6,32,36H2. The molecule has 0 unspecified atom stereocenters.